The lowest BCUT2D eigenvalue weighted by molar-refractivity contribution is 0.319. The van der Waals surface area contributed by atoms with E-state index in [1.165, 1.54) is 62.3 Å². The molecule has 0 aromatic heterocycles. The molecule has 0 radical (unpaired) electrons. The summed E-state index contributed by atoms with van der Waals surface area (Å²) >= 11 is 1.81. The van der Waals surface area contributed by atoms with E-state index in [0.717, 1.165) is 25.1 Å². The molecule has 206 valence electrons. The van der Waals surface area contributed by atoms with Crippen molar-refractivity contribution in [2.45, 2.75) is 74.7 Å². The van der Waals surface area contributed by atoms with Crippen molar-refractivity contribution in [3.05, 3.63) is 94.6 Å². The number of aryl methyl sites for hydroxylation is 1. The molecule has 0 aliphatic rings. The van der Waals surface area contributed by atoms with Crippen LogP contribution < -0.4 is 0 Å². The number of hydrogen-bond donors (Lipinski definition) is 0. The summed E-state index contributed by atoms with van der Waals surface area (Å²) in [6.45, 7) is 29.0. The third-order valence-electron chi connectivity index (χ3n) is 7.44. The summed E-state index contributed by atoms with van der Waals surface area (Å²) in [6.07, 6.45) is 8.02. The maximum Gasteiger partial charge on any atom is 0.0198 e. The SMILES string of the molecule is C=C(C(=C\N(CC)CC(C)CCC)/C(C)=C(/C)SC)c1ccc(-c2ccc(C(=C)CC(C)C)c(C)c2)cc1. The van der Waals surface area contributed by atoms with E-state index in [2.05, 4.69) is 128 Å². The minimum atomic E-state index is 0.614. The first-order valence-corrected chi connectivity index (χ1v) is 15.5. The topological polar surface area (TPSA) is 3.24 Å². The molecule has 0 saturated heterocycles. The highest BCUT2D eigenvalue weighted by Gasteiger charge is 2.14. The molecule has 1 atom stereocenters. The molecule has 2 aromatic carbocycles. The molecule has 2 heteroatoms. The lowest BCUT2D eigenvalue weighted by Crippen LogP contribution is -2.24. The summed E-state index contributed by atoms with van der Waals surface area (Å²) in [4.78, 5) is 3.80. The summed E-state index contributed by atoms with van der Waals surface area (Å²) in [5, 5.41) is 0. The molecular weight excluding hydrogens is 478 g/mol. The van der Waals surface area contributed by atoms with E-state index < -0.39 is 0 Å². The third-order valence-corrected chi connectivity index (χ3v) is 8.36. The minimum absolute atomic E-state index is 0.614. The molecule has 0 fully saturated rings. The van der Waals surface area contributed by atoms with Crippen molar-refractivity contribution in [1.82, 2.24) is 4.90 Å². The van der Waals surface area contributed by atoms with Crippen LogP contribution in [0.15, 0.2) is 77.9 Å². The monoisotopic (exact) mass is 529 g/mol. The van der Waals surface area contributed by atoms with Crippen LogP contribution in [0.2, 0.25) is 0 Å². The van der Waals surface area contributed by atoms with E-state index in [4.69, 9.17) is 0 Å². The van der Waals surface area contributed by atoms with Gasteiger partial charge in [0.15, 0.2) is 0 Å². The summed E-state index contributed by atoms with van der Waals surface area (Å²) in [6, 6.07) is 15.7. The van der Waals surface area contributed by atoms with Gasteiger partial charge in [-0.15, -0.1) is 11.8 Å². The van der Waals surface area contributed by atoms with E-state index in [1.54, 1.807) is 0 Å². The molecule has 2 aromatic rings. The molecule has 0 aliphatic carbocycles. The van der Waals surface area contributed by atoms with Crippen molar-refractivity contribution in [1.29, 1.82) is 0 Å². The smallest absolute Gasteiger partial charge is 0.0198 e. The molecule has 2 rings (SSSR count). The Morgan fingerprint density at radius 3 is 2.13 bits per heavy atom. The molecule has 0 bridgehead atoms. The summed E-state index contributed by atoms with van der Waals surface area (Å²) < 4.78 is 0. The second-order valence-corrected chi connectivity index (χ2v) is 12.2. The predicted molar refractivity (Wildman–Crippen MR) is 175 cm³/mol. The lowest BCUT2D eigenvalue weighted by Gasteiger charge is -2.25. The lowest BCUT2D eigenvalue weighted by atomic mass is 9.91. The van der Waals surface area contributed by atoms with Crippen LogP contribution in [-0.2, 0) is 0 Å². The van der Waals surface area contributed by atoms with Gasteiger partial charge in [0.25, 0.3) is 0 Å². The number of hydrogen-bond acceptors (Lipinski definition) is 2. The van der Waals surface area contributed by atoms with Crippen molar-refractivity contribution < 1.29 is 0 Å². The van der Waals surface area contributed by atoms with Crippen molar-refractivity contribution in [2.24, 2.45) is 11.8 Å². The van der Waals surface area contributed by atoms with Crippen LogP contribution in [0.4, 0.5) is 0 Å². The van der Waals surface area contributed by atoms with Gasteiger partial charge in [0.05, 0.1) is 0 Å². The zero-order valence-corrected chi connectivity index (χ0v) is 26.4. The normalized spacial score (nSPS) is 13.4. The molecule has 1 nitrogen and oxygen atoms in total. The van der Waals surface area contributed by atoms with Crippen molar-refractivity contribution in [2.75, 3.05) is 19.3 Å². The average molecular weight is 530 g/mol. The number of benzene rings is 2. The fourth-order valence-corrected chi connectivity index (χ4v) is 5.46. The standard InChI is InChI=1S/C36H51NS/c1-12-14-26(5)23-37(13-2)24-36(29(8)31(10)38-11)30(9)32-15-17-33(18-16-32)34-19-20-35(28(7)22-34)27(6)21-25(3)4/h15-20,22,24-26H,6,9,12-14,21,23H2,1-5,7-8,10-11H3/b31-29-,36-24-. The van der Waals surface area contributed by atoms with E-state index in [1.807, 2.05) is 11.8 Å². The van der Waals surface area contributed by atoms with E-state index in [9.17, 15) is 0 Å². The highest BCUT2D eigenvalue weighted by molar-refractivity contribution is 8.02. The number of allylic oxidation sites excluding steroid dienone is 5. The van der Waals surface area contributed by atoms with E-state index in [-0.39, 0.29) is 0 Å². The Kier molecular flexibility index (Phi) is 12.7. The molecule has 0 spiro atoms. The van der Waals surface area contributed by atoms with Gasteiger partial charge >= 0.3 is 0 Å². The van der Waals surface area contributed by atoms with Crippen LogP contribution in [0.25, 0.3) is 22.3 Å². The zero-order chi connectivity index (χ0) is 28.4. The van der Waals surface area contributed by atoms with E-state index >= 15 is 0 Å². The maximum absolute atomic E-state index is 4.59. The first kappa shape index (κ1) is 31.8. The first-order chi connectivity index (χ1) is 18.0. The summed E-state index contributed by atoms with van der Waals surface area (Å²) in [7, 11) is 0. The van der Waals surface area contributed by atoms with E-state index in [0.29, 0.717) is 11.8 Å². The quantitative estimate of drug-likeness (QED) is 0.224. The Bertz CT molecular complexity index is 1150. The molecule has 38 heavy (non-hydrogen) atoms. The highest BCUT2D eigenvalue weighted by Crippen LogP contribution is 2.34. The Labute approximate surface area is 238 Å². The summed E-state index contributed by atoms with van der Waals surface area (Å²) in [5.74, 6) is 1.29. The molecule has 0 heterocycles. The minimum Gasteiger partial charge on any atom is -0.377 e. The molecule has 1 unspecified atom stereocenters. The Balaban J connectivity index is 2.38. The van der Waals surface area contributed by atoms with Gasteiger partial charge in [-0.1, -0.05) is 89.7 Å². The van der Waals surface area contributed by atoms with Crippen molar-refractivity contribution >= 4 is 22.9 Å². The largest absolute Gasteiger partial charge is 0.377 e. The maximum atomic E-state index is 4.59. The van der Waals surface area contributed by atoms with Gasteiger partial charge in [-0.25, -0.2) is 0 Å². The molecule has 0 amide bonds. The van der Waals surface area contributed by atoms with Crippen molar-refractivity contribution in [3.63, 3.8) is 0 Å². The van der Waals surface area contributed by atoms with Crippen LogP contribution in [0.1, 0.15) is 84.4 Å². The van der Waals surface area contributed by atoms with Crippen LogP contribution in [0.5, 0.6) is 0 Å². The second kappa shape index (κ2) is 15.2. The Hall–Kier alpha value is -2.45. The fourth-order valence-electron chi connectivity index (χ4n) is 5.05. The molecular formula is C36H51NS. The van der Waals surface area contributed by atoms with Gasteiger partial charge in [0.1, 0.15) is 0 Å². The fraction of sp³-hybridized carbons (Fsp3) is 0.444. The van der Waals surface area contributed by atoms with Gasteiger partial charge in [-0.05, 0) is 108 Å². The Morgan fingerprint density at radius 2 is 1.61 bits per heavy atom. The van der Waals surface area contributed by atoms with Crippen LogP contribution in [-0.4, -0.2) is 24.2 Å². The van der Waals surface area contributed by atoms with Crippen LogP contribution in [0, 0.1) is 18.8 Å². The Morgan fingerprint density at radius 1 is 0.974 bits per heavy atom. The van der Waals surface area contributed by atoms with Crippen molar-refractivity contribution in [3.8, 4) is 11.1 Å². The van der Waals surface area contributed by atoms with Gasteiger partial charge in [-0.3, -0.25) is 0 Å². The van der Waals surface area contributed by atoms with Crippen LogP contribution in [0.3, 0.4) is 0 Å². The third kappa shape index (κ3) is 8.80. The van der Waals surface area contributed by atoms with Gasteiger partial charge < -0.3 is 4.90 Å². The van der Waals surface area contributed by atoms with Gasteiger partial charge in [-0.2, -0.15) is 0 Å². The first-order valence-electron chi connectivity index (χ1n) is 14.3. The number of rotatable bonds is 14. The van der Waals surface area contributed by atoms with Crippen LogP contribution >= 0.6 is 11.8 Å². The van der Waals surface area contributed by atoms with Gasteiger partial charge in [0, 0.05) is 24.9 Å². The number of thioether (sulfide) groups is 1. The highest BCUT2D eigenvalue weighted by atomic mass is 32.2. The van der Waals surface area contributed by atoms with Gasteiger partial charge in [0.2, 0.25) is 0 Å². The molecule has 0 aliphatic heterocycles. The predicted octanol–water partition coefficient (Wildman–Crippen LogP) is 11.0. The summed E-state index contributed by atoms with van der Waals surface area (Å²) in [5.41, 5.74) is 11.1. The second-order valence-electron chi connectivity index (χ2n) is 11.2. The average Bonchev–Trinajstić information content (AvgIpc) is 2.89. The molecule has 0 saturated carbocycles. The zero-order valence-electron chi connectivity index (χ0n) is 25.6. The number of nitrogens with zero attached hydrogens (tertiary/aromatic N) is 1. The molecule has 0 N–H and O–H groups in total.